The van der Waals surface area contributed by atoms with Gasteiger partial charge in [-0.25, -0.2) is 4.99 Å². The molecule has 0 radical (unpaired) electrons. The van der Waals surface area contributed by atoms with Gasteiger partial charge in [0, 0.05) is 22.9 Å². The average molecular weight is 740 g/mol. The van der Waals surface area contributed by atoms with Crippen molar-refractivity contribution in [1.82, 2.24) is 0 Å². The van der Waals surface area contributed by atoms with Crippen molar-refractivity contribution in [3.05, 3.63) is 58.7 Å². The van der Waals surface area contributed by atoms with Gasteiger partial charge in [0.2, 0.25) is 0 Å². The zero-order valence-corrected chi connectivity index (χ0v) is 35.0. The Labute approximate surface area is 326 Å². The fourth-order valence-electron chi connectivity index (χ4n) is 6.74. The Morgan fingerprint density at radius 3 is 1.35 bits per heavy atom. The Morgan fingerprint density at radius 1 is 0.451 bits per heavy atom. The van der Waals surface area contributed by atoms with Crippen LogP contribution >= 0.6 is 0 Å². The van der Waals surface area contributed by atoms with Crippen LogP contribution in [0.2, 0.25) is 0 Å². The van der Waals surface area contributed by atoms with E-state index in [1.165, 1.54) is 151 Å². The van der Waals surface area contributed by atoms with E-state index in [9.17, 15) is 0 Å². The summed E-state index contributed by atoms with van der Waals surface area (Å²) in [5.41, 5.74) is 10.0. The predicted molar refractivity (Wildman–Crippen MR) is 225 cm³/mol. The van der Waals surface area contributed by atoms with Crippen LogP contribution in [0.1, 0.15) is 205 Å². The molecule has 3 heteroatoms. The summed E-state index contributed by atoms with van der Waals surface area (Å²) in [5, 5.41) is 0. The van der Waals surface area contributed by atoms with Crippen LogP contribution in [0.5, 0.6) is 0 Å². The minimum absolute atomic E-state index is 0. The molecule has 0 saturated carbocycles. The molecule has 0 bridgehead atoms. The molecule has 0 saturated heterocycles. The molecule has 288 valence electrons. The first-order valence-electron chi connectivity index (χ1n) is 21.5. The quantitative estimate of drug-likeness (QED) is 0.0359. The van der Waals surface area contributed by atoms with Crippen molar-refractivity contribution in [3.8, 4) is 11.8 Å². The first-order valence-corrected chi connectivity index (χ1v) is 21.5. The van der Waals surface area contributed by atoms with Crippen LogP contribution in [0.15, 0.2) is 46.4 Å². The molecule has 0 aliphatic carbocycles. The molecule has 2 aromatic rings. The molecule has 0 spiro atoms. The van der Waals surface area contributed by atoms with Crippen molar-refractivity contribution in [2.45, 2.75) is 208 Å². The molecule has 0 unspecified atom stereocenters. The summed E-state index contributed by atoms with van der Waals surface area (Å²) in [6.07, 6.45) is 31.6. The number of aliphatic imine (C=N–C) groups is 2. The summed E-state index contributed by atoms with van der Waals surface area (Å²) in [6, 6.07) is 14.0. The maximum Gasteiger partial charge on any atom is 0.135 e. The van der Waals surface area contributed by atoms with Crippen LogP contribution in [0.25, 0.3) is 0 Å². The monoisotopic (exact) mass is 739 g/mol. The molecular formula is C48H76N2Ni. The van der Waals surface area contributed by atoms with Gasteiger partial charge in [0.15, 0.2) is 0 Å². The van der Waals surface area contributed by atoms with Gasteiger partial charge < -0.3 is 0 Å². The van der Waals surface area contributed by atoms with Gasteiger partial charge in [0.1, 0.15) is 5.71 Å². The van der Waals surface area contributed by atoms with Gasteiger partial charge in [0.05, 0.1) is 17.1 Å². The van der Waals surface area contributed by atoms with Crippen LogP contribution in [0.3, 0.4) is 0 Å². The van der Waals surface area contributed by atoms with Crippen LogP contribution in [0.4, 0.5) is 11.4 Å². The van der Waals surface area contributed by atoms with Gasteiger partial charge >= 0.3 is 0 Å². The molecular weight excluding hydrogens is 663 g/mol. The molecule has 0 N–H and O–H groups in total. The number of benzene rings is 2. The number of rotatable bonds is 28. The van der Waals surface area contributed by atoms with Gasteiger partial charge in [-0.05, 0) is 123 Å². The van der Waals surface area contributed by atoms with Crippen molar-refractivity contribution in [1.29, 1.82) is 0 Å². The van der Waals surface area contributed by atoms with Gasteiger partial charge in [0.25, 0.3) is 0 Å². The Bertz CT molecular complexity index is 1290. The molecule has 2 nitrogen and oxygen atoms in total. The van der Waals surface area contributed by atoms with E-state index in [0.717, 1.165) is 61.3 Å². The van der Waals surface area contributed by atoms with E-state index in [1.54, 1.807) is 0 Å². The Kier molecular flexibility index (Phi) is 28.8. The zero-order chi connectivity index (χ0) is 36.1. The van der Waals surface area contributed by atoms with E-state index < -0.39 is 0 Å². The number of aryl methyl sites for hydroxylation is 4. The third kappa shape index (κ3) is 20.6. The maximum atomic E-state index is 5.40. The van der Waals surface area contributed by atoms with E-state index in [2.05, 4.69) is 89.8 Å². The summed E-state index contributed by atoms with van der Waals surface area (Å²) >= 11 is 0. The summed E-state index contributed by atoms with van der Waals surface area (Å²) in [5.74, 6) is 7.16. The Hall–Kier alpha value is -2.17. The molecule has 0 aliphatic heterocycles. The topological polar surface area (TPSA) is 24.7 Å². The largest absolute Gasteiger partial charge is 0.251 e. The second-order valence-corrected chi connectivity index (χ2v) is 14.7. The fraction of sp³-hybridized carbons (Fsp3) is 0.667. The number of hydrogen-bond acceptors (Lipinski definition) is 2. The first kappa shape index (κ1) is 46.9. The van der Waals surface area contributed by atoms with Crippen molar-refractivity contribution < 1.29 is 16.5 Å². The van der Waals surface area contributed by atoms with E-state index in [-0.39, 0.29) is 16.5 Å². The Morgan fingerprint density at radius 2 is 0.863 bits per heavy atom. The van der Waals surface area contributed by atoms with Crippen LogP contribution < -0.4 is 0 Å². The number of nitrogens with zero attached hydrogens (tertiary/aromatic N) is 2. The van der Waals surface area contributed by atoms with Gasteiger partial charge in [-0.3, -0.25) is 4.99 Å². The normalized spacial score (nSPS) is 11.7. The molecule has 2 aromatic carbocycles. The van der Waals surface area contributed by atoms with E-state index in [4.69, 9.17) is 9.98 Å². The number of hydrogen-bond donors (Lipinski definition) is 0. The third-order valence-electron chi connectivity index (χ3n) is 9.99. The van der Waals surface area contributed by atoms with Gasteiger partial charge in [-0.2, -0.15) is 0 Å². The summed E-state index contributed by atoms with van der Waals surface area (Å²) in [4.78, 5) is 10.8. The number of unbranched alkanes of at least 4 members (excludes halogenated alkanes) is 15. The maximum absolute atomic E-state index is 5.40. The van der Waals surface area contributed by atoms with Gasteiger partial charge in [-0.1, -0.05) is 149 Å². The SMILES string of the molecule is CCCCCCCCC#CC(=Nc1ccc(CCCCC)c(CCCCC)c1)C(CCCC)=Nc1ccc(CCCCC)c(CCCCC)c1.[Ni]. The smallest absolute Gasteiger partial charge is 0.135 e. The van der Waals surface area contributed by atoms with E-state index in [1.807, 2.05) is 0 Å². The molecule has 2 rings (SSSR count). The zero-order valence-electron chi connectivity index (χ0n) is 34.1. The minimum atomic E-state index is 0. The van der Waals surface area contributed by atoms with Crippen LogP contribution in [-0.2, 0) is 42.2 Å². The average Bonchev–Trinajstić information content (AvgIpc) is 3.12. The van der Waals surface area contributed by atoms with Crippen LogP contribution in [0, 0.1) is 11.8 Å². The van der Waals surface area contributed by atoms with E-state index >= 15 is 0 Å². The second-order valence-electron chi connectivity index (χ2n) is 14.7. The molecule has 51 heavy (non-hydrogen) atoms. The van der Waals surface area contributed by atoms with Crippen molar-refractivity contribution in [2.75, 3.05) is 0 Å². The molecule has 0 amide bonds. The van der Waals surface area contributed by atoms with E-state index in [0.29, 0.717) is 0 Å². The minimum Gasteiger partial charge on any atom is -0.251 e. The predicted octanol–water partition coefficient (Wildman–Crippen LogP) is 15.4. The first-order chi connectivity index (χ1) is 24.6. The summed E-state index contributed by atoms with van der Waals surface area (Å²) in [6.45, 7) is 13.7. The van der Waals surface area contributed by atoms with Crippen molar-refractivity contribution >= 4 is 22.8 Å². The molecule has 0 heterocycles. The molecule has 0 atom stereocenters. The van der Waals surface area contributed by atoms with Gasteiger partial charge in [-0.15, -0.1) is 0 Å². The molecule has 0 fully saturated rings. The molecule has 0 aliphatic rings. The molecule has 0 aromatic heterocycles. The van der Waals surface area contributed by atoms with Crippen LogP contribution in [-0.4, -0.2) is 11.4 Å². The standard InChI is InChI=1S/C48H76N2.Ni/c1-7-13-19-20-21-22-23-28-34-48(50-46-38-36-42(30-25-15-9-3)44(40-46)32-27-17-11-5)47(33-18-12-6)49-45-37-35-41(29-24-14-8-2)43(39-45)31-26-16-10-4;/h35-40H,7-27,29-33H2,1-6H3;. The van der Waals surface area contributed by atoms with Crippen molar-refractivity contribution in [3.63, 3.8) is 0 Å². The summed E-state index contributed by atoms with van der Waals surface area (Å²) in [7, 11) is 0. The second kappa shape index (κ2) is 31.4. The summed E-state index contributed by atoms with van der Waals surface area (Å²) < 4.78 is 0. The Balaban J connectivity index is 0.0000130. The third-order valence-corrected chi connectivity index (χ3v) is 9.99. The van der Waals surface area contributed by atoms with Crippen molar-refractivity contribution in [2.24, 2.45) is 9.98 Å². The fourth-order valence-corrected chi connectivity index (χ4v) is 6.74.